The molecule has 0 amide bonds. The lowest BCUT2D eigenvalue weighted by Crippen LogP contribution is -2.51. The number of aliphatic hydroxyl groups excluding tert-OH is 3. The summed E-state index contributed by atoms with van der Waals surface area (Å²) in [6, 6.07) is 0. The van der Waals surface area contributed by atoms with Gasteiger partial charge in [-0.15, -0.1) is 6.58 Å². The third-order valence-electron chi connectivity index (χ3n) is 4.64. The van der Waals surface area contributed by atoms with Crippen LogP contribution in [0.5, 0.6) is 0 Å². The van der Waals surface area contributed by atoms with E-state index in [9.17, 15) is 28.3 Å². The van der Waals surface area contributed by atoms with Crippen molar-refractivity contribution in [3.05, 3.63) is 24.3 Å². The molecule has 2 aromatic rings. The Balaban J connectivity index is 2.18. The summed E-state index contributed by atoms with van der Waals surface area (Å²) < 4.78 is 40.6. The number of hydrogen-bond acceptors (Lipinski definition) is 10. The molecule has 0 spiro atoms. The predicted octanol–water partition coefficient (Wildman–Crippen LogP) is -0.876. The zero-order valence-corrected chi connectivity index (χ0v) is 16.7. The molecule has 1 aliphatic heterocycles. The van der Waals surface area contributed by atoms with Crippen molar-refractivity contribution < 1.29 is 33.0 Å². The number of imidazole rings is 1. The van der Waals surface area contributed by atoms with Crippen molar-refractivity contribution in [1.82, 2.24) is 19.5 Å². The minimum atomic E-state index is -5.17. The molecule has 0 saturated carbocycles. The third kappa shape index (κ3) is 3.49. The average Bonchev–Trinajstić information content (AvgIpc) is 3.14. The van der Waals surface area contributed by atoms with Crippen LogP contribution in [-0.4, -0.2) is 79.3 Å². The van der Waals surface area contributed by atoms with Crippen molar-refractivity contribution >= 4 is 27.1 Å². The van der Waals surface area contributed by atoms with Crippen molar-refractivity contribution in [3.63, 3.8) is 0 Å². The first-order chi connectivity index (χ1) is 13.5. The maximum Gasteiger partial charge on any atom is 0.318 e. The van der Waals surface area contributed by atoms with Crippen LogP contribution in [-0.2, 0) is 19.9 Å². The average molecular weight is 429 g/mol. The van der Waals surface area contributed by atoms with Gasteiger partial charge in [0.2, 0.25) is 0 Å². The number of anilines is 1. The van der Waals surface area contributed by atoms with Crippen molar-refractivity contribution in [3.8, 4) is 0 Å². The van der Waals surface area contributed by atoms with Gasteiger partial charge < -0.3 is 25.4 Å². The summed E-state index contributed by atoms with van der Waals surface area (Å²) in [5.74, 6) is 0.569. The van der Waals surface area contributed by atoms with Crippen LogP contribution >= 0.6 is 0 Å². The number of aryl methyl sites for hydroxylation is 1. The number of hydrogen-bond donors (Lipinski definition) is 5. The summed E-state index contributed by atoms with van der Waals surface area (Å²) in [7, 11) is -5.17. The van der Waals surface area contributed by atoms with Crippen LogP contribution in [0.2, 0.25) is 0 Å². The van der Waals surface area contributed by atoms with E-state index < -0.39 is 40.1 Å². The van der Waals surface area contributed by atoms with Gasteiger partial charge in [-0.2, -0.15) is 8.42 Å². The maximum atomic E-state index is 12.3. The van der Waals surface area contributed by atoms with Crippen LogP contribution in [0.25, 0.3) is 11.2 Å². The largest absolute Gasteiger partial charge is 0.394 e. The van der Waals surface area contributed by atoms with Gasteiger partial charge in [-0.1, -0.05) is 5.57 Å². The fourth-order valence-electron chi connectivity index (χ4n) is 3.21. The Morgan fingerprint density at radius 3 is 2.66 bits per heavy atom. The van der Waals surface area contributed by atoms with Crippen LogP contribution in [0, 0.1) is 6.92 Å². The Morgan fingerprint density at radius 2 is 2.10 bits per heavy atom. The first kappa shape index (κ1) is 21.5. The van der Waals surface area contributed by atoms with Gasteiger partial charge in [-0.05, 0) is 20.3 Å². The van der Waals surface area contributed by atoms with Gasteiger partial charge in [0.1, 0.15) is 30.5 Å². The molecule has 1 saturated heterocycles. The van der Waals surface area contributed by atoms with E-state index in [4.69, 9.17) is 4.74 Å². The Hall–Kier alpha value is -2.16. The molecule has 0 radical (unpaired) electrons. The van der Waals surface area contributed by atoms with Gasteiger partial charge >= 0.3 is 15.2 Å². The zero-order valence-electron chi connectivity index (χ0n) is 15.8. The summed E-state index contributed by atoms with van der Waals surface area (Å²) in [5, 5.41) is 30.2. The fraction of sp³-hybridized carbons (Fsp3) is 0.562. The van der Waals surface area contributed by atoms with Gasteiger partial charge in [0, 0.05) is 6.54 Å². The SMILES string of the molecule is C=C(C)CCNc1nc(C)nc2c1ncn2[C@]1(S(=O)(=O)O)O[C@H](CO)[C@@H](O)[C@H]1O. The van der Waals surface area contributed by atoms with E-state index in [0.717, 1.165) is 16.5 Å². The number of nitrogens with one attached hydrogen (secondary N) is 1. The molecule has 3 heterocycles. The monoisotopic (exact) mass is 429 g/mol. The minimum Gasteiger partial charge on any atom is -0.394 e. The van der Waals surface area contributed by atoms with Gasteiger partial charge in [-0.3, -0.25) is 9.12 Å². The molecule has 0 bridgehead atoms. The molecule has 0 aliphatic carbocycles. The summed E-state index contributed by atoms with van der Waals surface area (Å²) in [5.41, 5.74) is 1.05. The molecule has 2 aromatic heterocycles. The van der Waals surface area contributed by atoms with E-state index in [1.165, 1.54) is 0 Å². The third-order valence-corrected chi connectivity index (χ3v) is 5.91. The molecular formula is C16H23N5O7S. The number of aliphatic hydroxyl groups is 3. The Kier molecular flexibility index (Phi) is 5.64. The lowest BCUT2D eigenvalue weighted by molar-refractivity contribution is -0.0887. The van der Waals surface area contributed by atoms with Crippen LogP contribution in [0.4, 0.5) is 5.82 Å². The van der Waals surface area contributed by atoms with Gasteiger partial charge in [0.15, 0.2) is 17.0 Å². The second-order valence-corrected chi connectivity index (χ2v) is 8.46. The first-order valence-electron chi connectivity index (χ1n) is 8.75. The molecule has 5 N–H and O–H groups in total. The van der Waals surface area contributed by atoms with Crippen molar-refractivity contribution in [2.24, 2.45) is 0 Å². The lowest BCUT2D eigenvalue weighted by Gasteiger charge is -2.30. The number of rotatable bonds is 7. The van der Waals surface area contributed by atoms with Gasteiger partial charge in [0.25, 0.3) is 0 Å². The summed E-state index contributed by atoms with van der Waals surface area (Å²) in [4.78, 5) is 12.5. The highest BCUT2D eigenvalue weighted by molar-refractivity contribution is 7.86. The molecule has 3 rings (SSSR count). The van der Waals surface area contributed by atoms with Crippen LogP contribution < -0.4 is 5.32 Å². The van der Waals surface area contributed by atoms with Gasteiger partial charge in [0.05, 0.1) is 6.61 Å². The van der Waals surface area contributed by atoms with Crippen LogP contribution in [0.15, 0.2) is 18.5 Å². The topological polar surface area (TPSA) is 180 Å². The molecule has 29 heavy (non-hydrogen) atoms. The molecule has 12 nitrogen and oxygen atoms in total. The van der Waals surface area contributed by atoms with Crippen molar-refractivity contribution in [2.75, 3.05) is 18.5 Å². The van der Waals surface area contributed by atoms with Gasteiger partial charge in [-0.25, -0.2) is 15.0 Å². The van der Waals surface area contributed by atoms with E-state index in [0.29, 0.717) is 18.8 Å². The standard InChI is InChI=1S/C16H23N5O7S/c1-8(2)4-5-17-14-11-15(20-9(3)19-14)21(7-18-11)16(29(25,26)27)13(24)12(23)10(6-22)28-16/h7,10,12-13,22-24H,1,4-6H2,2-3H3,(H,17,19,20)(H,25,26,27)/t10-,12-,13-,16+/m1/s1. The Morgan fingerprint density at radius 1 is 1.41 bits per heavy atom. The number of ether oxygens (including phenoxy) is 1. The Labute approximate surface area is 166 Å². The minimum absolute atomic E-state index is 0.0576. The fourth-order valence-corrected chi connectivity index (χ4v) is 4.28. The zero-order chi connectivity index (χ0) is 21.6. The van der Waals surface area contributed by atoms with Crippen LogP contribution in [0.3, 0.4) is 0 Å². The van der Waals surface area contributed by atoms with Crippen LogP contribution in [0.1, 0.15) is 19.2 Å². The predicted molar refractivity (Wildman–Crippen MR) is 101 cm³/mol. The second-order valence-electron chi connectivity index (χ2n) is 6.92. The summed E-state index contributed by atoms with van der Waals surface area (Å²) in [6.45, 7) is 6.95. The molecule has 160 valence electrons. The molecular weight excluding hydrogens is 406 g/mol. The lowest BCUT2D eigenvalue weighted by atomic mass is 10.1. The van der Waals surface area contributed by atoms with Crippen molar-refractivity contribution in [1.29, 1.82) is 0 Å². The molecule has 1 fully saturated rings. The molecule has 13 heteroatoms. The van der Waals surface area contributed by atoms with E-state index >= 15 is 0 Å². The number of aromatic nitrogens is 4. The number of nitrogens with zero attached hydrogens (tertiary/aromatic N) is 4. The van der Waals surface area contributed by atoms with E-state index in [1.54, 1.807) is 6.92 Å². The summed E-state index contributed by atoms with van der Waals surface area (Å²) >= 11 is 0. The first-order valence-corrected chi connectivity index (χ1v) is 10.2. The maximum absolute atomic E-state index is 12.3. The van der Waals surface area contributed by atoms with Crippen molar-refractivity contribution in [2.45, 2.75) is 43.6 Å². The van der Waals surface area contributed by atoms with E-state index in [1.807, 2.05) is 6.92 Å². The number of fused-ring (bicyclic) bond motifs is 1. The highest BCUT2D eigenvalue weighted by atomic mass is 32.2. The molecule has 0 unspecified atom stereocenters. The quantitative estimate of drug-likeness (QED) is 0.272. The highest BCUT2D eigenvalue weighted by Gasteiger charge is 2.64. The Bertz CT molecular complexity index is 1040. The second kappa shape index (κ2) is 7.59. The molecule has 4 atom stereocenters. The molecule has 1 aliphatic rings. The normalized spacial score (nSPS) is 27.4. The summed E-state index contributed by atoms with van der Waals surface area (Å²) in [6.07, 6.45) is -3.70. The smallest absolute Gasteiger partial charge is 0.318 e. The van der Waals surface area contributed by atoms with E-state index in [-0.39, 0.29) is 17.0 Å². The molecule has 0 aromatic carbocycles. The highest BCUT2D eigenvalue weighted by Crippen LogP contribution is 2.41. The van der Waals surface area contributed by atoms with E-state index in [2.05, 4.69) is 26.8 Å².